The fourth-order valence-corrected chi connectivity index (χ4v) is 5.36. The Morgan fingerprint density at radius 2 is 1.70 bits per heavy atom. The molecule has 9 nitrogen and oxygen atoms in total. The molecule has 0 aliphatic carbocycles. The topological polar surface area (TPSA) is 102 Å². The molecular weight excluding hydrogens is 472 g/mol. The summed E-state index contributed by atoms with van der Waals surface area (Å²) in [5.74, 6) is -0.411. The van der Waals surface area contributed by atoms with Crippen LogP contribution in [0.4, 0.5) is 0 Å². The maximum atomic E-state index is 12.8. The fourth-order valence-electron chi connectivity index (χ4n) is 3.66. The Morgan fingerprint density at radius 3 is 2.39 bits per heavy atom. The molecule has 2 aliphatic heterocycles. The molecule has 1 amide bonds. The van der Waals surface area contributed by atoms with Gasteiger partial charge in [0.25, 0.3) is 5.91 Å². The molecule has 2 aromatic carbocycles. The van der Waals surface area contributed by atoms with E-state index in [1.165, 1.54) is 28.3 Å². The number of halogens is 1. The van der Waals surface area contributed by atoms with Gasteiger partial charge in [0.15, 0.2) is 17.6 Å². The lowest BCUT2D eigenvalue weighted by molar-refractivity contribution is -0.141. The van der Waals surface area contributed by atoms with Gasteiger partial charge in [0.1, 0.15) is 13.2 Å². The maximum absolute atomic E-state index is 12.8. The summed E-state index contributed by atoms with van der Waals surface area (Å²) in [4.78, 5) is 27.1. The third kappa shape index (κ3) is 4.92. The van der Waals surface area contributed by atoms with Crippen LogP contribution in [0.3, 0.4) is 0 Å². The molecule has 0 aromatic heterocycles. The number of piperazine rings is 1. The van der Waals surface area contributed by atoms with Crippen molar-refractivity contribution < 1.29 is 32.2 Å². The zero-order valence-corrected chi connectivity index (χ0v) is 19.5. The van der Waals surface area contributed by atoms with E-state index in [-0.39, 0.29) is 41.7 Å². The minimum atomic E-state index is -3.62. The van der Waals surface area contributed by atoms with Crippen molar-refractivity contribution in [2.75, 3.05) is 39.4 Å². The average molecular weight is 495 g/mol. The Balaban J connectivity index is 1.36. The first-order valence-corrected chi connectivity index (χ1v) is 12.2. The third-order valence-electron chi connectivity index (χ3n) is 5.40. The molecule has 0 radical (unpaired) electrons. The van der Waals surface area contributed by atoms with E-state index in [0.717, 1.165) is 0 Å². The summed E-state index contributed by atoms with van der Waals surface area (Å²) < 4.78 is 43.1. The molecule has 0 spiro atoms. The zero-order valence-electron chi connectivity index (χ0n) is 17.9. The molecule has 11 heteroatoms. The van der Waals surface area contributed by atoms with Gasteiger partial charge < -0.3 is 19.1 Å². The van der Waals surface area contributed by atoms with Crippen molar-refractivity contribution in [3.05, 3.63) is 53.1 Å². The van der Waals surface area contributed by atoms with E-state index < -0.39 is 28.0 Å². The second kappa shape index (κ2) is 9.58. The maximum Gasteiger partial charge on any atom is 0.339 e. The second-order valence-electron chi connectivity index (χ2n) is 7.57. The Kier molecular flexibility index (Phi) is 6.78. The zero-order chi connectivity index (χ0) is 23.6. The first-order chi connectivity index (χ1) is 15.8. The van der Waals surface area contributed by atoms with Crippen molar-refractivity contribution >= 4 is 33.5 Å². The number of esters is 1. The van der Waals surface area contributed by atoms with Gasteiger partial charge >= 0.3 is 5.97 Å². The molecule has 1 fully saturated rings. The van der Waals surface area contributed by atoms with Gasteiger partial charge in [-0.05, 0) is 31.2 Å². The van der Waals surface area contributed by atoms with Crippen molar-refractivity contribution in [1.82, 2.24) is 9.21 Å². The van der Waals surface area contributed by atoms with E-state index in [0.29, 0.717) is 24.7 Å². The van der Waals surface area contributed by atoms with Crippen molar-refractivity contribution in [2.45, 2.75) is 17.9 Å². The minimum absolute atomic E-state index is 0.141. The van der Waals surface area contributed by atoms with Gasteiger partial charge in [-0.15, -0.1) is 0 Å². The van der Waals surface area contributed by atoms with Gasteiger partial charge in [0.05, 0.1) is 15.5 Å². The fraction of sp³-hybridized carbons (Fsp3) is 0.364. The van der Waals surface area contributed by atoms with Crippen LogP contribution < -0.4 is 9.47 Å². The Hall–Kier alpha value is -2.82. The van der Waals surface area contributed by atoms with Crippen LogP contribution in [-0.2, 0) is 19.6 Å². The summed E-state index contributed by atoms with van der Waals surface area (Å²) in [6, 6.07) is 11.0. The van der Waals surface area contributed by atoms with E-state index in [2.05, 4.69) is 0 Å². The van der Waals surface area contributed by atoms with Crippen molar-refractivity contribution in [3.8, 4) is 11.5 Å². The predicted molar refractivity (Wildman–Crippen MR) is 119 cm³/mol. The smallest absolute Gasteiger partial charge is 0.339 e. The van der Waals surface area contributed by atoms with Crippen molar-refractivity contribution in [1.29, 1.82) is 0 Å². The van der Waals surface area contributed by atoms with E-state index in [4.69, 9.17) is 25.8 Å². The van der Waals surface area contributed by atoms with Gasteiger partial charge in [0, 0.05) is 26.2 Å². The van der Waals surface area contributed by atoms with Crippen molar-refractivity contribution in [3.63, 3.8) is 0 Å². The predicted octanol–water partition coefficient (Wildman–Crippen LogP) is 2.19. The van der Waals surface area contributed by atoms with Gasteiger partial charge in [-0.1, -0.05) is 29.8 Å². The summed E-state index contributed by atoms with van der Waals surface area (Å²) in [7, 11) is -3.62. The summed E-state index contributed by atoms with van der Waals surface area (Å²) in [6.07, 6.45) is -1.05. The quantitative estimate of drug-likeness (QED) is 0.587. The largest absolute Gasteiger partial charge is 0.486 e. The van der Waals surface area contributed by atoms with E-state index in [1.807, 2.05) is 0 Å². The number of benzene rings is 2. The number of hydrogen-bond donors (Lipinski definition) is 0. The first kappa shape index (κ1) is 23.3. The molecule has 0 bridgehead atoms. The molecule has 33 heavy (non-hydrogen) atoms. The third-order valence-corrected chi connectivity index (χ3v) is 7.59. The number of ether oxygens (including phenoxy) is 3. The lowest BCUT2D eigenvalue weighted by atomic mass is 10.2. The van der Waals surface area contributed by atoms with Crippen LogP contribution in [0.15, 0.2) is 47.4 Å². The van der Waals surface area contributed by atoms with Crippen LogP contribution in [0.2, 0.25) is 5.02 Å². The monoisotopic (exact) mass is 494 g/mol. The summed E-state index contributed by atoms with van der Waals surface area (Å²) in [6.45, 7) is 2.88. The molecule has 0 saturated carbocycles. The standard InChI is InChI=1S/C22H23ClN2O7S/c1-15(32-22(27)16-13-18(23)20-19(14-16)30-11-12-31-20)21(26)24-7-9-25(10-8-24)33(28,29)17-5-3-2-4-6-17/h2-6,13-15H,7-12H2,1H3. The number of carbonyl (C=O) groups excluding carboxylic acids is 2. The van der Waals surface area contributed by atoms with Crippen LogP contribution in [0.5, 0.6) is 11.5 Å². The van der Waals surface area contributed by atoms with Crippen LogP contribution in [0.1, 0.15) is 17.3 Å². The van der Waals surface area contributed by atoms with E-state index >= 15 is 0 Å². The number of rotatable bonds is 5. The van der Waals surface area contributed by atoms with E-state index in [1.54, 1.807) is 30.3 Å². The van der Waals surface area contributed by atoms with Gasteiger partial charge in [-0.3, -0.25) is 4.79 Å². The number of hydrogen-bond acceptors (Lipinski definition) is 7. The summed E-state index contributed by atoms with van der Waals surface area (Å²) >= 11 is 6.17. The lowest BCUT2D eigenvalue weighted by Gasteiger charge is -2.35. The van der Waals surface area contributed by atoms with Gasteiger partial charge in [-0.25, -0.2) is 13.2 Å². The second-order valence-corrected chi connectivity index (χ2v) is 9.92. The van der Waals surface area contributed by atoms with Gasteiger partial charge in [0.2, 0.25) is 10.0 Å². The van der Waals surface area contributed by atoms with Crippen LogP contribution >= 0.6 is 11.6 Å². The first-order valence-electron chi connectivity index (χ1n) is 10.4. The number of amides is 1. The molecule has 4 rings (SSSR count). The Bertz CT molecular complexity index is 1150. The van der Waals surface area contributed by atoms with E-state index in [9.17, 15) is 18.0 Å². The molecule has 2 aromatic rings. The molecule has 2 heterocycles. The highest BCUT2D eigenvalue weighted by Gasteiger charge is 2.32. The summed E-state index contributed by atoms with van der Waals surface area (Å²) in [5, 5.41) is 0.217. The highest BCUT2D eigenvalue weighted by atomic mass is 35.5. The molecule has 1 atom stereocenters. The average Bonchev–Trinajstić information content (AvgIpc) is 2.84. The molecule has 1 unspecified atom stereocenters. The molecule has 176 valence electrons. The molecule has 2 aliphatic rings. The number of nitrogens with zero attached hydrogens (tertiary/aromatic N) is 2. The van der Waals surface area contributed by atoms with Crippen LogP contribution in [-0.4, -0.2) is 75.0 Å². The SMILES string of the molecule is CC(OC(=O)c1cc(Cl)c2c(c1)OCCO2)C(=O)N1CCN(S(=O)(=O)c2ccccc2)CC1. The highest BCUT2D eigenvalue weighted by molar-refractivity contribution is 7.89. The van der Waals surface area contributed by atoms with Crippen LogP contribution in [0, 0.1) is 0 Å². The number of fused-ring (bicyclic) bond motifs is 1. The summed E-state index contributed by atoms with van der Waals surface area (Å²) in [5.41, 5.74) is 0.141. The van der Waals surface area contributed by atoms with Crippen molar-refractivity contribution in [2.24, 2.45) is 0 Å². The van der Waals surface area contributed by atoms with Gasteiger partial charge in [-0.2, -0.15) is 4.31 Å². The molecular formula is C22H23ClN2O7S. The Labute approximate surface area is 196 Å². The van der Waals surface area contributed by atoms with Crippen LogP contribution in [0.25, 0.3) is 0 Å². The number of sulfonamides is 1. The lowest BCUT2D eigenvalue weighted by Crippen LogP contribution is -2.52. The number of carbonyl (C=O) groups is 2. The normalized spacial score (nSPS) is 17.3. The molecule has 0 N–H and O–H groups in total. The Morgan fingerprint density at radius 1 is 1.03 bits per heavy atom. The minimum Gasteiger partial charge on any atom is -0.486 e. The highest BCUT2D eigenvalue weighted by Crippen LogP contribution is 2.38. The molecule has 1 saturated heterocycles.